The normalized spacial score (nSPS) is 29.2. The zero-order valence-corrected chi connectivity index (χ0v) is 11.1. The highest BCUT2D eigenvalue weighted by atomic mass is 19.4. The van der Waals surface area contributed by atoms with Crippen LogP contribution in [0.25, 0.3) is 0 Å². The predicted octanol–water partition coefficient (Wildman–Crippen LogP) is -0.731. The lowest BCUT2D eigenvalue weighted by Crippen LogP contribution is -2.56. The van der Waals surface area contributed by atoms with Gasteiger partial charge < -0.3 is 30.1 Å². The van der Waals surface area contributed by atoms with Crippen molar-refractivity contribution in [3.05, 3.63) is 12.3 Å². The number of anilines is 1. The van der Waals surface area contributed by atoms with Crippen molar-refractivity contribution in [2.75, 3.05) is 18.5 Å². The van der Waals surface area contributed by atoms with Gasteiger partial charge >= 0.3 is 6.36 Å². The van der Waals surface area contributed by atoms with Gasteiger partial charge in [-0.25, -0.2) is 4.98 Å². The van der Waals surface area contributed by atoms with E-state index in [1.54, 1.807) is 0 Å². The lowest BCUT2D eigenvalue weighted by molar-refractivity contribution is -0.276. The van der Waals surface area contributed by atoms with Gasteiger partial charge in [-0.15, -0.1) is 13.2 Å². The number of ether oxygens (including phenoxy) is 2. The molecule has 1 aromatic heterocycles. The van der Waals surface area contributed by atoms with Crippen molar-refractivity contribution in [3.8, 4) is 5.88 Å². The van der Waals surface area contributed by atoms with E-state index < -0.39 is 43.2 Å². The summed E-state index contributed by atoms with van der Waals surface area (Å²) in [6.07, 6.45) is -7.45. The monoisotopic (exact) mass is 325 g/mol. The summed E-state index contributed by atoms with van der Waals surface area (Å²) in [5, 5.41) is 31.1. The fourth-order valence-corrected chi connectivity index (χ4v) is 1.92. The van der Waals surface area contributed by atoms with E-state index in [1.165, 1.54) is 0 Å². The van der Waals surface area contributed by atoms with Crippen LogP contribution in [-0.4, -0.2) is 69.2 Å². The van der Waals surface area contributed by atoms with Crippen molar-refractivity contribution in [2.24, 2.45) is 0 Å². The van der Waals surface area contributed by atoms with Gasteiger partial charge in [0.1, 0.15) is 18.3 Å². The molecule has 1 saturated heterocycles. The predicted molar refractivity (Wildman–Crippen MR) is 65.0 cm³/mol. The van der Waals surface area contributed by atoms with E-state index in [1.807, 2.05) is 0 Å². The molecule has 1 aliphatic rings. The summed E-state index contributed by atoms with van der Waals surface area (Å²) in [6, 6.07) is 0.0577. The summed E-state index contributed by atoms with van der Waals surface area (Å²) >= 11 is 0. The van der Waals surface area contributed by atoms with Crippen LogP contribution >= 0.6 is 0 Å². The molecule has 22 heavy (non-hydrogen) atoms. The molecule has 0 radical (unpaired) electrons. The van der Waals surface area contributed by atoms with Crippen molar-refractivity contribution in [1.82, 2.24) is 9.97 Å². The minimum Gasteiger partial charge on any atom is -0.394 e. The van der Waals surface area contributed by atoms with Gasteiger partial charge in [-0.2, -0.15) is 4.98 Å². The Morgan fingerprint density at radius 2 is 2.09 bits per heavy atom. The summed E-state index contributed by atoms with van der Waals surface area (Å²) in [5.74, 6) is -0.950. The molecule has 2 rings (SSSR count). The summed E-state index contributed by atoms with van der Waals surface area (Å²) in [7, 11) is 0. The van der Waals surface area contributed by atoms with E-state index in [2.05, 4.69) is 20.0 Å². The number of hydrogen-bond acceptors (Lipinski definition) is 8. The molecule has 124 valence electrons. The largest absolute Gasteiger partial charge is 0.574 e. The first-order valence-electron chi connectivity index (χ1n) is 6.24. The molecule has 8 nitrogen and oxygen atoms in total. The second-order valence-corrected chi connectivity index (χ2v) is 4.55. The molecular weight excluding hydrogens is 311 g/mol. The van der Waals surface area contributed by atoms with E-state index in [-0.39, 0.29) is 12.6 Å². The average Bonchev–Trinajstić information content (AvgIpc) is 2.43. The number of halogens is 3. The minimum atomic E-state index is -4.89. The molecule has 1 fully saturated rings. The summed E-state index contributed by atoms with van der Waals surface area (Å²) < 4.78 is 45.1. The summed E-state index contributed by atoms with van der Waals surface area (Å²) in [5.41, 5.74) is 0. The number of rotatable bonds is 4. The Bertz CT molecular complexity index is 504. The first-order valence-corrected chi connectivity index (χ1v) is 6.24. The molecule has 4 N–H and O–H groups in total. The average molecular weight is 325 g/mol. The highest BCUT2D eigenvalue weighted by molar-refractivity contribution is 5.30. The van der Waals surface area contributed by atoms with Crippen LogP contribution in [0.1, 0.15) is 0 Å². The molecule has 0 aromatic carbocycles. The quantitative estimate of drug-likeness (QED) is 0.572. The number of alkyl halides is 3. The molecule has 2 heterocycles. The molecule has 0 unspecified atom stereocenters. The Labute approximate surface area is 122 Å². The van der Waals surface area contributed by atoms with Crippen LogP contribution in [0.4, 0.5) is 19.1 Å². The van der Waals surface area contributed by atoms with E-state index >= 15 is 0 Å². The van der Waals surface area contributed by atoms with Crippen LogP contribution in [0.3, 0.4) is 0 Å². The minimum absolute atomic E-state index is 0.100. The molecular formula is C11H14F3N3O5. The fourth-order valence-electron chi connectivity index (χ4n) is 1.92. The smallest absolute Gasteiger partial charge is 0.394 e. The van der Waals surface area contributed by atoms with Gasteiger partial charge in [0.2, 0.25) is 11.8 Å². The molecule has 1 aliphatic heterocycles. The van der Waals surface area contributed by atoms with Gasteiger partial charge in [0, 0.05) is 12.3 Å². The molecule has 0 amide bonds. The van der Waals surface area contributed by atoms with Gasteiger partial charge in [-0.05, 0) is 0 Å². The van der Waals surface area contributed by atoms with Crippen molar-refractivity contribution < 1.29 is 38.0 Å². The van der Waals surface area contributed by atoms with E-state index in [9.17, 15) is 23.4 Å². The zero-order valence-electron chi connectivity index (χ0n) is 11.1. The molecule has 0 saturated carbocycles. The van der Waals surface area contributed by atoms with Crippen LogP contribution in [0.5, 0.6) is 5.88 Å². The lowest BCUT2D eigenvalue weighted by atomic mass is 9.98. The Balaban J connectivity index is 2.03. The molecule has 4 atom stereocenters. The first kappa shape index (κ1) is 16.7. The second-order valence-electron chi connectivity index (χ2n) is 4.55. The van der Waals surface area contributed by atoms with Crippen molar-refractivity contribution in [2.45, 2.75) is 30.7 Å². The maximum atomic E-state index is 12.1. The molecule has 11 heteroatoms. The van der Waals surface area contributed by atoms with E-state index in [0.29, 0.717) is 0 Å². The molecule has 0 bridgehead atoms. The third-order valence-corrected chi connectivity index (χ3v) is 2.98. The number of aliphatic hydroxyl groups excluding tert-OH is 3. The SMILES string of the molecule is OC[C@H]1OC[C@H](Nc2nccc(OC(F)(F)F)n2)[C@@H](O)[C@H]1O. The molecule has 0 spiro atoms. The lowest BCUT2D eigenvalue weighted by Gasteiger charge is -2.37. The Morgan fingerprint density at radius 1 is 1.36 bits per heavy atom. The number of hydrogen-bond donors (Lipinski definition) is 4. The standard InChI is InChI=1S/C11H14F3N3O5/c12-11(13,14)22-7-1-2-15-10(17-7)16-5-4-21-6(3-18)9(20)8(5)19/h1-2,5-6,8-9,18-20H,3-4H2,(H,15,16,17)/t5-,6+,8+,9-/m0/s1. The van der Waals surface area contributed by atoms with Crippen LogP contribution in [0.2, 0.25) is 0 Å². The second kappa shape index (κ2) is 6.60. The van der Waals surface area contributed by atoms with Crippen molar-refractivity contribution >= 4 is 5.95 Å². The van der Waals surface area contributed by atoms with Crippen LogP contribution < -0.4 is 10.1 Å². The third kappa shape index (κ3) is 4.16. The molecule has 1 aromatic rings. The van der Waals surface area contributed by atoms with E-state index in [4.69, 9.17) is 9.84 Å². The third-order valence-electron chi connectivity index (χ3n) is 2.98. The van der Waals surface area contributed by atoms with Gasteiger partial charge in [-0.3, -0.25) is 0 Å². The van der Waals surface area contributed by atoms with Gasteiger partial charge in [0.05, 0.1) is 19.3 Å². The molecule has 0 aliphatic carbocycles. The van der Waals surface area contributed by atoms with Crippen molar-refractivity contribution in [3.63, 3.8) is 0 Å². The Hall–Kier alpha value is -1.69. The van der Waals surface area contributed by atoms with E-state index in [0.717, 1.165) is 12.3 Å². The maximum Gasteiger partial charge on any atom is 0.574 e. The number of aromatic nitrogens is 2. The summed E-state index contributed by atoms with van der Waals surface area (Å²) in [6.45, 7) is -0.576. The van der Waals surface area contributed by atoms with Gasteiger partial charge in [0.25, 0.3) is 0 Å². The van der Waals surface area contributed by atoms with Crippen molar-refractivity contribution in [1.29, 1.82) is 0 Å². The highest BCUT2D eigenvalue weighted by Crippen LogP contribution is 2.22. The Kier molecular flexibility index (Phi) is 5.01. The van der Waals surface area contributed by atoms with Crippen LogP contribution in [0, 0.1) is 0 Å². The fraction of sp³-hybridized carbons (Fsp3) is 0.636. The maximum absolute atomic E-state index is 12.1. The van der Waals surface area contributed by atoms with Gasteiger partial charge in [-0.1, -0.05) is 0 Å². The topological polar surface area (TPSA) is 117 Å². The number of nitrogens with zero attached hydrogens (tertiary/aromatic N) is 2. The van der Waals surface area contributed by atoms with Crippen LogP contribution in [-0.2, 0) is 4.74 Å². The zero-order chi connectivity index (χ0) is 16.3. The number of nitrogens with one attached hydrogen (secondary N) is 1. The van der Waals surface area contributed by atoms with Gasteiger partial charge in [0.15, 0.2) is 0 Å². The summed E-state index contributed by atoms with van der Waals surface area (Å²) in [4.78, 5) is 7.18. The highest BCUT2D eigenvalue weighted by Gasteiger charge is 2.38. The Morgan fingerprint density at radius 3 is 2.73 bits per heavy atom. The van der Waals surface area contributed by atoms with Crippen LogP contribution in [0.15, 0.2) is 12.3 Å². The first-order chi connectivity index (χ1) is 10.3. The number of aliphatic hydroxyl groups is 3.